The van der Waals surface area contributed by atoms with Crippen molar-refractivity contribution in [2.75, 3.05) is 25.2 Å². The Hall–Kier alpha value is -3.47. The number of para-hydroxylation sites is 1. The number of rotatable bonds is 8. The number of nitrogens with zero attached hydrogens (tertiary/aromatic N) is 3. The third-order valence-electron chi connectivity index (χ3n) is 5.94. The van der Waals surface area contributed by atoms with Crippen LogP contribution in [-0.2, 0) is 21.2 Å². The van der Waals surface area contributed by atoms with Gasteiger partial charge in [0.15, 0.2) is 5.16 Å². The van der Waals surface area contributed by atoms with Crippen molar-refractivity contribution in [1.29, 1.82) is 0 Å². The standard InChI is InChI=1S/C27H28N4O4S2/c1-5-19-11-13-20(14-12-19)31-26(33)22-8-6-7-9-23(22)29-27(31)36-17-25(32)28-24-16-21(15-10-18(24)2)37(34,35)30(3)4/h6-16H,5,17H2,1-4H3,(H,28,32). The molecule has 3 aromatic carbocycles. The fourth-order valence-corrected chi connectivity index (χ4v) is 5.48. The molecule has 0 atom stereocenters. The molecule has 1 N–H and O–H groups in total. The molecule has 0 aliphatic heterocycles. The van der Waals surface area contributed by atoms with Crippen molar-refractivity contribution in [3.05, 3.63) is 88.2 Å². The van der Waals surface area contributed by atoms with Crippen LogP contribution >= 0.6 is 11.8 Å². The van der Waals surface area contributed by atoms with Crippen molar-refractivity contribution in [2.24, 2.45) is 0 Å². The molecule has 0 spiro atoms. The maximum Gasteiger partial charge on any atom is 0.266 e. The van der Waals surface area contributed by atoms with Gasteiger partial charge in [0, 0.05) is 19.8 Å². The number of fused-ring (bicyclic) bond motifs is 1. The molecule has 10 heteroatoms. The van der Waals surface area contributed by atoms with Crippen molar-refractivity contribution in [1.82, 2.24) is 13.9 Å². The molecule has 4 aromatic rings. The number of nitrogens with one attached hydrogen (secondary N) is 1. The summed E-state index contributed by atoms with van der Waals surface area (Å²) >= 11 is 1.14. The zero-order valence-corrected chi connectivity index (χ0v) is 22.7. The van der Waals surface area contributed by atoms with E-state index >= 15 is 0 Å². The van der Waals surface area contributed by atoms with E-state index in [0.29, 0.717) is 27.4 Å². The van der Waals surface area contributed by atoms with Gasteiger partial charge in [0.25, 0.3) is 5.56 Å². The average Bonchev–Trinajstić information content (AvgIpc) is 2.89. The van der Waals surface area contributed by atoms with Gasteiger partial charge in [-0.1, -0.05) is 49.0 Å². The van der Waals surface area contributed by atoms with Crippen molar-refractivity contribution in [3.8, 4) is 5.69 Å². The first-order valence-corrected chi connectivity index (χ1v) is 14.1. The summed E-state index contributed by atoms with van der Waals surface area (Å²) in [5.41, 5.74) is 3.29. The Bertz CT molecular complexity index is 1630. The molecule has 0 aliphatic rings. The number of aryl methyl sites for hydroxylation is 2. The summed E-state index contributed by atoms with van der Waals surface area (Å²) in [5, 5.41) is 3.68. The lowest BCUT2D eigenvalue weighted by Gasteiger charge is -2.15. The molecule has 0 saturated heterocycles. The highest BCUT2D eigenvalue weighted by Gasteiger charge is 2.19. The molecule has 0 saturated carbocycles. The number of aromatic nitrogens is 2. The van der Waals surface area contributed by atoms with E-state index in [-0.39, 0.29) is 22.1 Å². The van der Waals surface area contributed by atoms with E-state index in [1.807, 2.05) is 30.3 Å². The fraction of sp³-hybridized carbons (Fsp3) is 0.222. The Morgan fingerprint density at radius 1 is 1.05 bits per heavy atom. The minimum absolute atomic E-state index is 0.0259. The number of benzene rings is 3. The summed E-state index contributed by atoms with van der Waals surface area (Å²) in [7, 11) is -0.737. The van der Waals surface area contributed by atoms with Crippen LogP contribution in [-0.4, -0.2) is 48.0 Å². The molecule has 0 aliphatic carbocycles. The second kappa shape index (κ2) is 10.9. The summed E-state index contributed by atoms with van der Waals surface area (Å²) in [6.07, 6.45) is 0.878. The Morgan fingerprint density at radius 2 is 1.76 bits per heavy atom. The monoisotopic (exact) mass is 536 g/mol. The lowest BCUT2D eigenvalue weighted by atomic mass is 10.1. The van der Waals surface area contributed by atoms with Crippen LogP contribution in [0.5, 0.6) is 0 Å². The number of anilines is 1. The minimum Gasteiger partial charge on any atom is -0.325 e. The van der Waals surface area contributed by atoms with Gasteiger partial charge in [0.05, 0.1) is 27.2 Å². The van der Waals surface area contributed by atoms with E-state index in [1.165, 1.54) is 30.8 Å². The van der Waals surface area contributed by atoms with Crippen LogP contribution in [0.25, 0.3) is 16.6 Å². The quantitative estimate of drug-likeness (QED) is 0.267. The van der Waals surface area contributed by atoms with Crippen LogP contribution in [0.1, 0.15) is 18.1 Å². The molecule has 1 amide bonds. The predicted octanol–water partition coefficient (Wildman–Crippen LogP) is 4.24. The summed E-state index contributed by atoms with van der Waals surface area (Å²) in [5.74, 6) is -0.371. The van der Waals surface area contributed by atoms with Crippen LogP contribution in [0, 0.1) is 6.92 Å². The van der Waals surface area contributed by atoms with E-state index < -0.39 is 10.0 Å². The maximum atomic E-state index is 13.4. The number of hydrogen-bond donors (Lipinski definition) is 1. The SMILES string of the molecule is CCc1ccc(-n2c(SCC(=O)Nc3cc(S(=O)(=O)N(C)C)ccc3C)nc3ccccc3c2=O)cc1. The van der Waals surface area contributed by atoms with E-state index in [2.05, 4.69) is 17.2 Å². The van der Waals surface area contributed by atoms with E-state index in [9.17, 15) is 18.0 Å². The number of thioether (sulfide) groups is 1. The maximum absolute atomic E-state index is 13.4. The Labute approximate surface area is 220 Å². The van der Waals surface area contributed by atoms with Crippen molar-refractivity contribution >= 4 is 44.3 Å². The largest absolute Gasteiger partial charge is 0.325 e. The molecule has 192 valence electrons. The van der Waals surface area contributed by atoms with Gasteiger partial charge in [-0.15, -0.1) is 0 Å². The van der Waals surface area contributed by atoms with Gasteiger partial charge in [-0.25, -0.2) is 17.7 Å². The minimum atomic E-state index is -3.65. The molecule has 0 unspecified atom stereocenters. The van der Waals surface area contributed by atoms with Gasteiger partial charge in [-0.05, 0) is 60.9 Å². The molecule has 1 aromatic heterocycles. The predicted molar refractivity (Wildman–Crippen MR) is 148 cm³/mol. The van der Waals surface area contributed by atoms with Gasteiger partial charge in [-0.2, -0.15) is 0 Å². The molecule has 0 fully saturated rings. The molecule has 8 nitrogen and oxygen atoms in total. The second-order valence-corrected chi connectivity index (χ2v) is 11.8. The molecule has 37 heavy (non-hydrogen) atoms. The third-order valence-corrected chi connectivity index (χ3v) is 8.69. The molecule has 0 bridgehead atoms. The zero-order valence-electron chi connectivity index (χ0n) is 21.1. The first-order valence-electron chi connectivity index (χ1n) is 11.7. The first-order chi connectivity index (χ1) is 17.6. The smallest absolute Gasteiger partial charge is 0.266 e. The van der Waals surface area contributed by atoms with Gasteiger partial charge in [0.1, 0.15) is 0 Å². The third kappa shape index (κ3) is 5.61. The highest BCUT2D eigenvalue weighted by Crippen LogP contribution is 2.24. The van der Waals surface area contributed by atoms with Gasteiger partial charge in [-0.3, -0.25) is 14.2 Å². The second-order valence-electron chi connectivity index (χ2n) is 8.67. The summed E-state index contributed by atoms with van der Waals surface area (Å²) in [4.78, 5) is 31.1. The molecule has 0 radical (unpaired) electrons. The lowest BCUT2D eigenvalue weighted by molar-refractivity contribution is -0.113. The Balaban J connectivity index is 1.63. The topological polar surface area (TPSA) is 101 Å². The summed E-state index contributed by atoms with van der Waals surface area (Å²) in [6, 6.07) is 19.4. The van der Waals surface area contributed by atoms with Crippen molar-refractivity contribution in [3.63, 3.8) is 0 Å². The number of hydrogen-bond acceptors (Lipinski definition) is 6. The molecular formula is C27H28N4O4S2. The lowest BCUT2D eigenvalue weighted by Crippen LogP contribution is -2.23. The highest BCUT2D eigenvalue weighted by molar-refractivity contribution is 7.99. The Morgan fingerprint density at radius 3 is 2.43 bits per heavy atom. The number of sulfonamides is 1. The van der Waals surface area contributed by atoms with Crippen LogP contribution < -0.4 is 10.9 Å². The molecule has 1 heterocycles. The number of amides is 1. The van der Waals surface area contributed by atoms with Crippen molar-refractivity contribution in [2.45, 2.75) is 30.3 Å². The molecular weight excluding hydrogens is 508 g/mol. The zero-order chi connectivity index (χ0) is 26.7. The first kappa shape index (κ1) is 26.6. The number of carbonyl (C=O) groups is 1. The summed E-state index contributed by atoms with van der Waals surface area (Å²) < 4.78 is 27.7. The van der Waals surface area contributed by atoms with E-state index in [4.69, 9.17) is 0 Å². The molecule has 4 rings (SSSR count). The van der Waals surface area contributed by atoms with E-state index in [1.54, 1.807) is 31.2 Å². The normalized spacial score (nSPS) is 11.7. The van der Waals surface area contributed by atoms with E-state index in [0.717, 1.165) is 33.6 Å². The number of carbonyl (C=O) groups excluding carboxylic acids is 1. The van der Waals surface area contributed by atoms with Crippen LogP contribution in [0.3, 0.4) is 0 Å². The Kier molecular flexibility index (Phi) is 7.82. The fourth-order valence-electron chi connectivity index (χ4n) is 3.74. The van der Waals surface area contributed by atoms with Gasteiger partial charge >= 0.3 is 0 Å². The highest BCUT2D eigenvalue weighted by atomic mass is 32.2. The van der Waals surface area contributed by atoms with Crippen LogP contribution in [0.2, 0.25) is 0 Å². The van der Waals surface area contributed by atoms with Gasteiger partial charge < -0.3 is 5.32 Å². The van der Waals surface area contributed by atoms with Gasteiger partial charge in [0.2, 0.25) is 15.9 Å². The summed E-state index contributed by atoms with van der Waals surface area (Å²) in [6.45, 7) is 3.85. The average molecular weight is 537 g/mol. The van der Waals surface area contributed by atoms with Crippen molar-refractivity contribution < 1.29 is 13.2 Å². The van der Waals surface area contributed by atoms with Crippen LogP contribution in [0.4, 0.5) is 5.69 Å². The van der Waals surface area contributed by atoms with Crippen LogP contribution in [0.15, 0.2) is 81.6 Å².